The first-order chi connectivity index (χ1) is 7.07. The zero-order chi connectivity index (χ0) is 11.1. The summed E-state index contributed by atoms with van der Waals surface area (Å²) < 4.78 is 11.0. The van der Waals surface area contributed by atoms with Gasteiger partial charge in [-0.15, -0.1) is 21.7 Å². The molecule has 2 saturated heterocycles. The Morgan fingerprint density at radius 2 is 2.47 bits per heavy atom. The summed E-state index contributed by atoms with van der Waals surface area (Å²) in [5.41, 5.74) is -0.866. The Balaban J connectivity index is 2.21. The molecule has 0 saturated carbocycles. The Hall–Kier alpha value is -0.590. The van der Waals surface area contributed by atoms with E-state index in [9.17, 15) is 10.1 Å². The summed E-state index contributed by atoms with van der Waals surface area (Å²) in [6.45, 7) is 2.40. The average Bonchev–Trinajstić information content (AvgIpc) is 2.65. The first kappa shape index (κ1) is 10.9. The van der Waals surface area contributed by atoms with Crippen molar-refractivity contribution in [3.8, 4) is 0 Å². The fourth-order valence-electron chi connectivity index (χ4n) is 2.35. The quantitative estimate of drug-likeness (QED) is 0.412. The van der Waals surface area contributed by atoms with Crippen LogP contribution in [0.4, 0.5) is 0 Å². The molecule has 0 spiro atoms. The van der Waals surface area contributed by atoms with Gasteiger partial charge >= 0.3 is 0 Å². The largest absolute Gasteiger partial charge is 0.373 e. The van der Waals surface area contributed by atoms with Crippen LogP contribution in [0.15, 0.2) is 0 Å². The Morgan fingerprint density at radius 1 is 1.73 bits per heavy atom. The van der Waals surface area contributed by atoms with Crippen LogP contribution < -0.4 is 0 Å². The average molecular weight is 238 g/mol. The van der Waals surface area contributed by atoms with Gasteiger partial charge in [0.05, 0.1) is 24.7 Å². The highest BCUT2D eigenvalue weighted by molar-refractivity contribution is 6.21. The Kier molecular flexibility index (Phi) is 2.74. The van der Waals surface area contributed by atoms with Gasteiger partial charge in [-0.1, -0.05) is 0 Å². The van der Waals surface area contributed by atoms with E-state index in [-0.39, 0.29) is 12.7 Å². The molecular weight excluding hydrogens is 226 g/mol. The predicted octanol–water partition coefficient (Wildman–Crippen LogP) is 0.748. The van der Waals surface area contributed by atoms with E-state index in [0.717, 1.165) is 0 Å². The minimum absolute atomic E-state index is 0.155. The first-order valence-electron chi connectivity index (χ1n) is 4.78. The summed E-state index contributed by atoms with van der Waals surface area (Å²) in [4.78, 5) is 14.9. The maximum Gasteiger partial charge on any atom is 0.294 e. The summed E-state index contributed by atoms with van der Waals surface area (Å²) in [5.74, 6) is 0. The Labute approximate surface area is 91.5 Å². The summed E-state index contributed by atoms with van der Waals surface area (Å²) in [7, 11) is 0. The van der Waals surface area contributed by atoms with Gasteiger partial charge in [0.15, 0.2) is 6.10 Å². The fraction of sp³-hybridized carbons (Fsp3) is 1.00. The van der Waals surface area contributed by atoms with Gasteiger partial charge in [-0.05, 0) is 13.3 Å². The SMILES string of the molecule is C[C@@H](Cl)[C@]12OCC[C@H]1OC[C@H]2O[N+](=O)[O-]. The number of hydrogen-bond acceptors (Lipinski definition) is 5. The third kappa shape index (κ3) is 1.56. The topological polar surface area (TPSA) is 70.8 Å². The lowest BCUT2D eigenvalue weighted by Gasteiger charge is -2.33. The molecule has 6 nitrogen and oxygen atoms in total. The maximum absolute atomic E-state index is 10.3. The molecular formula is C8H12ClNO5. The second kappa shape index (κ2) is 3.77. The van der Waals surface area contributed by atoms with E-state index in [1.807, 2.05) is 0 Å². The molecule has 4 atom stereocenters. The van der Waals surface area contributed by atoms with Crippen molar-refractivity contribution in [3.05, 3.63) is 10.1 Å². The van der Waals surface area contributed by atoms with Crippen molar-refractivity contribution in [1.82, 2.24) is 0 Å². The third-order valence-corrected chi connectivity index (χ3v) is 3.36. The van der Waals surface area contributed by atoms with Crippen molar-refractivity contribution in [2.24, 2.45) is 0 Å². The molecule has 0 bridgehead atoms. The molecule has 0 aromatic rings. The van der Waals surface area contributed by atoms with Gasteiger partial charge in [-0.25, -0.2) is 0 Å². The van der Waals surface area contributed by atoms with E-state index in [4.69, 9.17) is 21.1 Å². The molecule has 0 radical (unpaired) electrons. The Morgan fingerprint density at radius 3 is 3.07 bits per heavy atom. The molecule has 2 rings (SSSR count). The molecule has 0 aromatic carbocycles. The highest BCUT2D eigenvalue weighted by Crippen LogP contribution is 2.43. The first-order valence-corrected chi connectivity index (χ1v) is 5.22. The van der Waals surface area contributed by atoms with Crippen molar-refractivity contribution in [1.29, 1.82) is 0 Å². The molecule has 15 heavy (non-hydrogen) atoms. The number of alkyl halides is 1. The lowest BCUT2D eigenvalue weighted by Crippen LogP contribution is -2.53. The lowest BCUT2D eigenvalue weighted by molar-refractivity contribution is -0.771. The molecule has 0 aliphatic carbocycles. The van der Waals surface area contributed by atoms with Crippen LogP contribution in [-0.2, 0) is 14.3 Å². The number of rotatable bonds is 3. The molecule has 0 unspecified atom stereocenters. The molecule has 86 valence electrons. The number of nitrogens with zero attached hydrogens (tertiary/aromatic N) is 1. The smallest absolute Gasteiger partial charge is 0.294 e. The maximum atomic E-state index is 10.3. The minimum atomic E-state index is -0.866. The molecule has 2 aliphatic rings. The number of hydrogen-bond donors (Lipinski definition) is 0. The van der Waals surface area contributed by atoms with Gasteiger partial charge in [-0.3, -0.25) is 0 Å². The van der Waals surface area contributed by atoms with E-state index in [1.165, 1.54) is 0 Å². The standard InChI is InChI=1S/C8H12ClNO5/c1-5(9)8-6(2-3-14-8)13-4-7(8)15-10(11)12/h5-7H,2-4H2,1H3/t5-,6-,7-,8+/m1/s1. The van der Waals surface area contributed by atoms with Crippen LogP contribution in [0.25, 0.3) is 0 Å². The predicted molar refractivity (Wildman–Crippen MR) is 50.2 cm³/mol. The van der Waals surface area contributed by atoms with Gasteiger partial charge in [-0.2, -0.15) is 0 Å². The van der Waals surface area contributed by atoms with E-state index in [0.29, 0.717) is 13.0 Å². The highest BCUT2D eigenvalue weighted by atomic mass is 35.5. The van der Waals surface area contributed by atoms with Gasteiger partial charge in [0.1, 0.15) is 5.60 Å². The van der Waals surface area contributed by atoms with Crippen LogP contribution in [0.2, 0.25) is 0 Å². The van der Waals surface area contributed by atoms with Crippen LogP contribution in [0.3, 0.4) is 0 Å². The van der Waals surface area contributed by atoms with Crippen LogP contribution in [0.1, 0.15) is 13.3 Å². The van der Waals surface area contributed by atoms with Gasteiger partial charge in [0.2, 0.25) is 0 Å². The van der Waals surface area contributed by atoms with Crippen LogP contribution >= 0.6 is 11.6 Å². The van der Waals surface area contributed by atoms with Gasteiger partial charge < -0.3 is 14.3 Å². The summed E-state index contributed by atoms with van der Waals surface area (Å²) >= 11 is 6.05. The zero-order valence-electron chi connectivity index (χ0n) is 8.22. The summed E-state index contributed by atoms with van der Waals surface area (Å²) in [6.07, 6.45) is -0.225. The summed E-state index contributed by atoms with van der Waals surface area (Å²) in [6, 6.07) is 0. The van der Waals surface area contributed by atoms with Gasteiger partial charge in [0, 0.05) is 0 Å². The molecule has 0 amide bonds. The molecule has 0 aromatic heterocycles. The summed E-state index contributed by atoms with van der Waals surface area (Å²) in [5, 5.41) is 9.13. The fourth-order valence-corrected chi connectivity index (χ4v) is 2.70. The second-order valence-electron chi connectivity index (χ2n) is 3.75. The van der Waals surface area contributed by atoms with Crippen LogP contribution in [0.5, 0.6) is 0 Å². The van der Waals surface area contributed by atoms with Crippen LogP contribution in [0, 0.1) is 10.1 Å². The number of halogens is 1. The Bertz CT molecular complexity index is 274. The van der Waals surface area contributed by atoms with Crippen molar-refractivity contribution < 1.29 is 19.4 Å². The zero-order valence-corrected chi connectivity index (χ0v) is 8.98. The highest BCUT2D eigenvalue weighted by Gasteiger charge is 2.60. The van der Waals surface area contributed by atoms with Crippen molar-refractivity contribution in [2.75, 3.05) is 13.2 Å². The number of ether oxygens (including phenoxy) is 2. The second-order valence-corrected chi connectivity index (χ2v) is 4.40. The van der Waals surface area contributed by atoms with Crippen LogP contribution in [-0.4, -0.2) is 41.5 Å². The monoisotopic (exact) mass is 237 g/mol. The van der Waals surface area contributed by atoms with Crippen molar-refractivity contribution in [3.63, 3.8) is 0 Å². The molecule has 2 heterocycles. The van der Waals surface area contributed by atoms with E-state index < -0.39 is 22.2 Å². The van der Waals surface area contributed by atoms with Crippen molar-refractivity contribution in [2.45, 2.75) is 36.5 Å². The van der Waals surface area contributed by atoms with E-state index in [1.54, 1.807) is 6.92 Å². The molecule has 0 N–H and O–H groups in total. The lowest BCUT2D eigenvalue weighted by atomic mass is 9.90. The van der Waals surface area contributed by atoms with E-state index >= 15 is 0 Å². The van der Waals surface area contributed by atoms with E-state index in [2.05, 4.69) is 4.84 Å². The normalized spacial score (nSPS) is 41.2. The van der Waals surface area contributed by atoms with Gasteiger partial charge in [0.25, 0.3) is 5.09 Å². The molecule has 2 aliphatic heterocycles. The minimum Gasteiger partial charge on any atom is -0.373 e. The van der Waals surface area contributed by atoms with Crippen molar-refractivity contribution >= 4 is 11.6 Å². The third-order valence-electron chi connectivity index (χ3n) is 3.02. The molecule has 7 heteroatoms. The number of fused-ring (bicyclic) bond motifs is 1. The molecule has 2 fully saturated rings.